The second kappa shape index (κ2) is 16.5. The molecule has 2 aliphatic carbocycles. The number of hydrogen-bond donors (Lipinski definition) is 2. The molecule has 2 N–H and O–H groups in total. The Hall–Kier alpha value is -4.20. The van der Waals surface area contributed by atoms with Crippen LogP contribution in [0.25, 0.3) is 44.3 Å². The van der Waals surface area contributed by atoms with Gasteiger partial charge in [-0.3, -0.25) is 9.59 Å². The molecule has 2 fully saturated rings. The van der Waals surface area contributed by atoms with Gasteiger partial charge in [0.15, 0.2) is 0 Å². The van der Waals surface area contributed by atoms with E-state index in [1.165, 1.54) is 6.42 Å². The maximum atomic E-state index is 13.8. The zero-order chi connectivity index (χ0) is 38.1. The monoisotopic (exact) mass is 808 g/mol. The van der Waals surface area contributed by atoms with E-state index in [1.54, 1.807) is 24.3 Å². The van der Waals surface area contributed by atoms with Crippen LogP contribution in [0.5, 0.6) is 0 Å². The number of amides is 2. The summed E-state index contributed by atoms with van der Waals surface area (Å²) >= 11 is 25.0. The molecule has 8 rings (SSSR count). The van der Waals surface area contributed by atoms with Gasteiger partial charge in [-0.2, -0.15) is 0 Å². The molecule has 0 radical (unpaired) electrons. The highest BCUT2D eigenvalue weighted by Gasteiger charge is 2.29. The summed E-state index contributed by atoms with van der Waals surface area (Å²) in [6, 6.07) is 30.3. The Morgan fingerprint density at radius 3 is 1.31 bits per heavy atom. The summed E-state index contributed by atoms with van der Waals surface area (Å²) in [5, 5.41) is 10.2. The number of hydrogen-bond acceptors (Lipinski definition) is 4. The number of benzene rings is 4. The number of halogens is 4. The largest absolute Gasteiger partial charge is 0.349 e. The third-order valence-electron chi connectivity index (χ3n) is 11.4. The molecule has 2 aromatic heterocycles. The molecule has 2 saturated carbocycles. The fraction of sp³-hybridized carbons (Fsp3) is 0.289. The summed E-state index contributed by atoms with van der Waals surface area (Å²) in [7, 11) is 0. The van der Waals surface area contributed by atoms with Crippen LogP contribution in [0.3, 0.4) is 0 Å². The van der Waals surface area contributed by atoms with Crippen molar-refractivity contribution in [1.82, 2.24) is 20.6 Å². The van der Waals surface area contributed by atoms with Crippen molar-refractivity contribution in [2.45, 2.75) is 69.9 Å². The zero-order valence-corrected chi connectivity index (χ0v) is 33.2. The second-order valence-corrected chi connectivity index (χ2v) is 16.6. The Kier molecular flexibility index (Phi) is 11.3. The lowest BCUT2D eigenvalue weighted by Gasteiger charge is -2.34. The molecule has 280 valence electrons. The molecule has 0 aliphatic heterocycles. The van der Waals surface area contributed by atoms with Gasteiger partial charge in [0.05, 0.1) is 53.6 Å². The molecular weight excluding hydrogens is 770 g/mol. The smallest absolute Gasteiger partial charge is 0.252 e. The predicted octanol–water partition coefficient (Wildman–Crippen LogP) is 12.4. The van der Waals surface area contributed by atoms with Gasteiger partial charge in [-0.05, 0) is 118 Å². The number of carbonyl (C=O) groups excluding carboxylic acids is 2. The van der Waals surface area contributed by atoms with Crippen molar-refractivity contribution < 1.29 is 9.59 Å². The van der Waals surface area contributed by atoms with E-state index in [0.29, 0.717) is 54.4 Å². The van der Waals surface area contributed by atoms with Gasteiger partial charge in [-0.1, -0.05) is 94.9 Å². The normalized spacial score (nSPS) is 20.0. The van der Waals surface area contributed by atoms with Crippen molar-refractivity contribution in [3.63, 3.8) is 0 Å². The van der Waals surface area contributed by atoms with Crippen molar-refractivity contribution in [3.8, 4) is 22.5 Å². The van der Waals surface area contributed by atoms with Crippen LogP contribution >= 0.6 is 46.4 Å². The van der Waals surface area contributed by atoms with E-state index in [1.807, 2.05) is 72.8 Å². The Morgan fingerprint density at radius 1 is 0.509 bits per heavy atom. The lowest BCUT2D eigenvalue weighted by molar-refractivity contribution is 0.0919. The molecule has 6 nitrogen and oxygen atoms in total. The van der Waals surface area contributed by atoms with Gasteiger partial charge >= 0.3 is 0 Å². The number of para-hydroxylation sites is 2. The number of nitrogens with zero attached hydrogens (tertiary/aromatic N) is 2. The average molecular weight is 811 g/mol. The van der Waals surface area contributed by atoms with E-state index in [0.717, 1.165) is 84.3 Å². The number of carbonyl (C=O) groups is 2. The van der Waals surface area contributed by atoms with Crippen LogP contribution in [0.2, 0.25) is 20.1 Å². The molecule has 10 heteroatoms. The minimum Gasteiger partial charge on any atom is -0.349 e. The number of fused-ring (bicyclic) bond motifs is 2. The first-order valence-corrected chi connectivity index (χ1v) is 20.5. The van der Waals surface area contributed by atoms with Crippen molar-refractivity contribution >= 4 is 80.0 Å². The minimum absolute atomic E-state index is 0.0749. The van der Waals surface area contributed by atoms with E-state index in [9.17, 15) is 9.59 Å². The first kappa shape index (κ1) is 37.7. The van der Waals surface area contributed by atoms with E-state index in [2.05, 4.69) is 10.6 Å². The number of aromatic nitrogens is 2. The summed E-state index contributed by atoms with van der Waals surface area (Å²) in [4.78, 5) is 37.2. The van der Waals surface area contributed by atoms with E-state index in [4.69, 9.17) is 56.4 Å². The van der Waals surface area contributed by atoms with Gasteiger partial charge in [0, 0.05) is 34.0 Å². The molecule has 2 amide bonds. The van der Waals surface area contributed by atoms with Gasteiger partial charge in [-0.25, -0.2) is 9.97 Å². The minimum atomic E-state index is -0.0749. The van der Waals surface area contributed by atoms with Crippen molar-refractivity contribution in [2.75, 3.05) is 0 Å². The lowest BCUT2D eigenvalue weighted by atomic mass is 9.75. The molecule has 4 aromatic carbocycles. The highest BCUT2D eigenvalue weighted by Crippen LogP contribution is 2.37. The van der Waals surface area contributed by atoms with Gasteiger partial charge in [0.2, 0.25) is 0 Å². The summed E-state index contributed by atoms with van der Waals surface area (Å²) in [6.45, 7) is 0. The fourth-order valence-corrected chi connectivity index (χ4v) is 9.01. The number of pyridine rings is 2. The van der Waals surface area contributed by atoms with Crippen LogP contribution in [0, 0.1) is 11.8 Å². The van der Waals surface area contributed by atoms with E-state index < -0.39 is 0 Å². The average Bonchev–Trinajstić information content (AvgIpc) is 3.20. The number of rotatable bonds is 8. The zero-order valence-electron chi connectivity index (χ0n) is 30.1. The Bertz CT molecular complexity index is 2240. The molecule has 6 aromatic rings. The molecule has 0 spiro atoms. The molecule has 0 bridgehead atoms. The molecule has 0 saturated heterocycles. The Morgan fingerprint density at radius 2 is 0.909 bits per heavy atom. The summed E-state index contributed by atoms with van der Waals surface area (Å²) in [5.41, 5.74) is 5.72. The van der Waals surface area contributed by atoms with Crippen LogP contribution in [-0.4, -0.2) is 33.9 Å². The van der Waals surface area contributed by atoms with Crippen LogP contribution in [0.1, 0.15) is 78.5 Å². The summed E-state index contributed by atoms with van der Waals surface area (Å²) < 4.78 is 0. The summed E-state index contributed by atoms with van der Waals surface area (Å²) in [6.07, 6.45) is 9.47. The second-order valence-electron chi connectivity index (χ2n) is 15.0. The third kappa shape index (κ3) is 8.49. The third-order valence-corrected chi connectivity index (χ3v) is 12.9. The molecule has 0 unspecified atom stereocenters. The predicted molar refractivity (Wildman–Crippen MR) is 225 cm³/mol. The quantitative estimate of drug-likeness (QED) is 0.160. The van der Waals surface area contributed by atoms with Gasteiger partial charge in [-0.15, -0.1) is 0 Å². The van der Waals surface area contributed by atoms with Crippen LogP contribution in [0.15, 0.2) is 97.1 Å². The SMILES string of the molecule is O=C(NC1CCC(CC2CCC(NC(=O)c3cc(-c4ccc(Cl)c(Cl)c4)nc4ccccc34)CC2)CC1)c1cc(-c2ccc(Cl)c(Cl)c2)nc2ccccc12. The highest BCUT2D eigenvalue weighted by atomic mass is 35.5. The first-order valence-electron chi connectivity index (χ1n) is 19.0. The molecule has 0 atom stereocenters. The van der Waals surface area contributed by atoms with Crippen molar-refractivity contribution in [1.29, 1.82) is 0 Å². The molecular formula is C45H40Cl4N4O2. The standard InChI is InChI=1S/C45H40Cl4N4O2/c46-36-19-13-28(22-38(36)48)42-24-34(32-5-1-3-7-40(32)52-42)44(54)50-30-15-9-26(10-16-30)21-27-11-17-31(18-12-27)51-45(55)35-25-43(29-14-20-37(47)39(49)23-29)53-41-8-4-2-6-33(35)41/h1-8,13-14,19-20,22-27,30-31H,9-12,15-18,21H2,(H,50,54)(H,51,55). The fourth-order valence-electron chi connectivity index (χ4n) is 8.42. The van der Waals surface area contributed by atoms with E-state index >= 15 is 0 Å². The lowest BCUT2D eigenvalue weighted by Crippen LogP contribution is -2.39. The van der Waals surface area contributed by atoms with Gasteiger partial charge < -0.3 is 10.6 Å². The molecule has 2 aliphatic rings. The maximum absolute atomic E-state index is 13.8. The van der Waals surface area contributed by atoms with Crippen molar-refractivity contribution in [2.24, 2.45) is 11.8 Å². The Labute approximate surface area is 341 Å². The Balaban J connectivity index is 0.848. The van der Waals surface area contributed by atoms with Gasteiger partial charge in [0.25, 0.3) is 11.8 Å². The maximum Gasteiger partial charge on any atom is 0.252 e. The van der Waals surface area contributed by atoms with Crippen molar-refractivity contribution in [3.05, 3.63) is 128 Å². The van der Waals surface area contributed by atoms with E-state index in [-0.39, 0.29) is 23.9 Å². The first-order chi connectivity index (χ1) is 26.7. The van der Waals surface area contributed by atoms with Crippen LogP contribution < -0.4 is 10.6 Å². The highest BCUT2D eigenvalue weighted by molar-refractivity contribution is 6.42. The number of nitrogens with one attached hydrogen (secondary N) is 2. The van der Waals surface area contributed by atoms with Crippen LogP contribution in [0.4, 0.5) is 0 Å². The molecule has 55 heavy (non-hydrogen) atoms. The summed E-state index contributed by atoms with van der Waals surface area (Å²) in [5.74, 6) is 1.15. The molecule has 2 heterocycles. The topological polar surface area (TPSA) is 84.0 Å². The van der Waals surface area contributed by atoms with Crippen LogP contribution in [-0.2, 0) is 0 Å². The van der Waals surface area contributed by atoms with Gasteiger partial charge in [0.1, 0.15) is 0 Å².